The quantitative estimate of drug-likeness (QED) is 0.776. The third-order valence-electron chi connectivity index (χ3n) is 3.26. The van der Waals surface area contributed by atoms with Crippen molar-refractivity contribution in [2.75, 3.05) is 0 Å². The van der Waals surface area contributed by atoms with Gasteiger partial charge in [0.15, 0.2) is 0 Å². The molecule has 0 heterocycles. The zero-order valence-electron chi connectivity index (χ0n) is 12.3. The molecule has 0 fully saturated rings. The fraction of sp³-hybridized carbons (Fsp3) is 0.625. The van der Waals surface area contributed by atoms with Crippen LogP contribution in [0.5, 0.6) is 0 Å². The number of aliphatic hydroxyl groups excluding tert-OH is 1. The maximum atomic E-state index is 9.40. The molecule has 1 heteroatoms. The summed E-state index contributed by atoms with van der Waals surface area (Å²) in [6, 6.07) is 4.42. The second kappa shape index (κ2) is 4.45. The lowest BCUT2D eigenvalue weighted by atomic mass is 9.74. The van der Waals surface area contributed by atoms with Crippen LogP contribution < -0.4 is 0 Å². The predicted octanol–water partition coefficient (Wildman–Crippen LogP) is 4.08. The van der Waals surface area contributed by atoms with Crippen LogP contribution in [0, 0.1) is 6.92 Å². The molecule has 0 atom stereocenters. The minimum absolute atomic E-state index is 0.111. The highest BCUT2D eigenvalue weighted by atomic mass is 16.3. The van der Waals surface area contributed by atoms with Gasteiger partial charge in [-0.3, -0.25) is 0 Å². The lowest BCUT2D eigenvalue weighted by Gasteiger charge is -2.31. The molecule has 0 aromatic heterocycles. The molecule has 96 valence electrons. The van der Waals surface area contributed by atoms with Crippen LogP contribution in [0.15, 0.2) is 12.1 Å². The summed E-state index contributed by atoms with van der Waals surface area (Å²) in [5.41, 5.74) is 5.22. The topological polar surface area (TPSA) is 20.2 Å². The van der Waals surface area contributed by atoms with Crippen LogP contribution in [-0.2, 0) is 17.4 Å². The Bertz CT molecular complexity index is 403. The van der Waals surface area contributed by atoms with Gasteiger partial charge < -0.3 is 5.11 Å². The molecule has 0 unspecified atom stereocenters. The van der Waals surface area contributed by atoms with Gasteiger partial charge in [-0.25, -0.2) is 0 Å². The second-order valence-electron chi connectivity index (χ2n) is 6.98. The lowest BCUT2D eigenvalue weighted by Crippen LogP contribution is -2.22. The van der Waals surface area contributed by atoms with Gasteiger partial charge in [0.1, 0.15) is 0 Å². The van der Waals surface area contributed by atoms with E-state index in [4.69, 9.17) is 0 Å². The lowest BCUT2D eigenvalue weighted by molar-refractivity contribution is 0.280. The van der Waals surface area contributed by atoms with Crippen molar-refractivity contribution in [1.82, 2.24) is 0 Å². The molecule has 0 spiro atoms. The van der Waals surface area contributed by atoms with Gasteiger partial charge in [-0.15, -0.1) is 0 Å². The molecule has 1 aromatic rings. The summed E-state index contributed by atoms with van der Waals surface area (Å²) in [6.45, 7) is 15.6. The minimum atomic E-state index is 0.111. The minimum Gasteiger partial charge on any atom is -0.392 e. The van der Waals surface area contributed by atoms with Gasteiger partial charge in [-0.1, -0.05) is 53.7 Å². The van der Waals surface area contributed by atoms with Crippen molar-refractivity contribution in [3.8, 4) is 0 Å². The molecule has 0 aliphatic carbocycles. The van der Waals surface area contributed by atoms with E-state index in [2.05, 4.69) is 60.6 Å². The first kappa shape index (κ1) is 14.2. The average molecular weight is 234 g/mol. The monoisotopic (exact) mass is 234 g/mol. The Hall–Kier alpha value is -0.820. The second-order valence-corrected chi connectivity index (χ2v) is 6.98. The smallest absolute Gasteiger partial charge is 0.0684 e. The summed E-state index contributed by atoms with van der Waals surface area (Å²) in [4.78, 5) is 0. The summed E-state index contributed by atoms with van der Waals surface area (Å²) < 4.78 is 0. The van der Waals surface area contributed by atoms with Crippen LogP contribution in [0.1, 0.15) is 63.8 Å². The summed E-state index contributed by atoms with van der Waals surface area (Å²) in [5, 5.41) is 9.40. The first-order valence-electron chi connectivity index (χ1n) is 6.32. The molecule has 0 bridgehead atoms. The molecule has 1 N–H and O–H groups in total. The third kappa shape index (κ3) is 3.10. The highest BCUT2D eigenvalue weighted by Gasteiger charge is 2.25. The van der Waals surface area contributed by atoms with Crippen LogP contribution in [0.25, 0.3) is 0 Å². The van der Waals surface area contributed by atoms with E-state index in [0.717, 1.165) is 5.56 Å². The van der Waals surface area contributed by atoms with Crippen LogP contribution in [0.4, 0.5) is 0 Å². The van der Waals surface area contributed by atoms with Crippen molar-refractivity contribution in [3.63, 3.8) is 0 Å². The van der Waals surface area contributed by atoms with Gasteiger partial charge in [0, 0.05) is 0 Å². The van der Waals surface area contributed by atoms with Crippen LogP contribution in [0.2, 0.25) is 0 Å². The largest absolute Gasteiger partial charge is 0.392 e. The zero-order valence-corrected chi connectivity index (χ0v) is 12.3. The van der Waals surface area contributed by atoms with Crippen molar-refractivity contribution >= 4 is 0 Å². The number of hydrogen-bond donors (Lipinski definition) is 1. The van der Waals surface area contributed by atoms with Crippen LogP contribution in [0.3, 0.4) is 0 Å². The molecule has 1 nitrogen and oxygen atoms in total. The Morgan fingerprint density at radius 3 is 1.65 bits per heavy atom. The summed E-state index contributed by atoms with van der Waals surface area (Å²) in [6.07, 6.45) is 0. The number of benzene rings is 1. The Kier molecular flexibility index (Phi) is 3.73. The Morgan fingerprint density at radius 2 is 1.29 bits per heavy atom. The van der Waals surface area contributed by atoms with Gasteiger partial charge in [-0.05, 0) is 40.0 Å². The van der Waals surface area contributed by atoms with E-state index in [9.17, 15) is 5.11 Å². The number of aryl methyl sites for hydroxylation is 1. The van der Waals surface area contributed by atoms with Gasteiger partial charge in [0.2, 0.25) is 0 Å². The molecule has 0 aliphatic rings. The third-order valence-corrected chi connectivity index (χ3v) is 3.26. The van der Waals surface area contributed by atoms with Crippen molar-refractivity contribution < 1.29 is 5.11 Å². The van der Waals surface area contributed by atoms with E-state index in [1.807, 2.05) is 0 Å². The maximum Gasteiger partial charge on any atom is 0.0684 e. The van der Waals surface area contributed by atoms with Crippen molar-refractivity contribution in [2.45, 2.75) is 65.9 Å². The Balaban J connectivity index is 3.54. The highest BCUT2D eigenvalue weighted by molar-refractivity contribution is 5.44. The van der Waals surface area contributed by atoms with E-state index >= 15 is 0 Å². The first-order chi connectivity index (χ1) is 7.57. The van der Waals surface area contributed by atoms with Crippen molar-refractivity contribution in [1.29, 1.82) is 0 Å². The van der Waals surface area contributed by atoms with Crippen LogP contribution >= 0.6 is 0 Å². The first-order valence-corrected chi connectivity index (χ1v) is 6.32. The maximum absolute atomic E-state index is 9.40. The number of rotatable bonds is 1. The van der Waals surface area contributed by atoms with Crippen molar-refractivity contribution in [2.24, 2.45) is 0 Å². The summed E-state index contributed by atoms with van der Waals surface area (Å²) in [5.74, 6) is 0. The van der Waals surface area contributed by atoms with Crippen molar-refractivity contribution in [3.05, 3.63) is 34.4 Å². The van der Waals surface area contributed by atoms with Gasteiger partial charge in [-0.2, -0.15) is 0 Å². The van der Waals surface area contributed by atoms with Crippen LogP contribution in [-0.4, -0.2) is 5.11 Å². The normalized spacial score (nSPS) is 12.9. The Morgan fingerprint density at radius 1 is 0.882 bits per heavy atom. The molecule has 1 aromatic carbocycles. The molecular formula is C16H26O. The molecular weight excluding hydrogens is 208 g/mol. The zero-order chi connectivity index (χ0) is 13.4. The van der Waals surface area contributed by atoms with E-state index in [1.165, 1.54) is 16.7 Å². The van der Waals surface area contributed by atoms with E-state index in [1.54, 1.807) is 0 Å². The SMILES string of the molecule is Cc1cc(C(C)(C)C)c(C(C)(C)C)cc1CO. The number of aliphatic hydroxyl groups is 1. The molecule has 0 radical (unpaired) electrons. The van der Waals surface area contributed by atoms with E-state index < -0.39 is 0 Å². The predicted molar refractivity (Wildman–Crippen MR) is 74.5 cm³/mol. The highest BCUT2D eigenvalue weighted by Crippen LogP contribution is 2.35. The molecule has 0 saturated heterocycles. The fourth-order valence-corrected chi connectivity index (χ4v) is 2.16. The van der Waals surface area contributed by atoms with Gasteiger partial charge in [0.25, 0.3) is 0 Å². The standard InChI is InChI=1S/C16H26O/c1-11-8-13(15(2,3)4)14(16(5,6)7)9-12(11)10-17/h8-9,17H,10H2,1-7H3. The molecule has 17 heavy (non-hydrogen) atoms. The molecule has 1 rings (SSSR count). The van der Waals surface area contributed by atoms with Gasteiger partial charge >= 0.3 is 0 Å². The molecule has 0 aliphatic heterocycles. The summed E-state index contributed by atoms with van der Waals surface area (Å²) in [7, 11) is 0. The molecule has 0 saturated carbocycles. The average Bonchev–Trinajstić information content (AvgIpc) is 2.14. The number of hydrogen-bond acceptors (Lipinski definition) is 1. The van der Waals surface area contributed by atoms with E-state index in [0.29, 0.717) is 0 Å². The van der Waals surface area contributed by atoms with E-state index in [-0.39, 0.29) is 17.4 Å². The Labute approximate surface area is 106 Å². The summed E-state index contributed by atoms with van der Waals surface area (Å²) >= 11 is 0. The van der Waals surface area contributed by atoms with Gasteiger partial charge in [0.05, 0.1) is 6.61 Å². The molecule has 0 amide bonds. The fourth-order valence-electron chi connectivity index (χ4n) is 2.16.